The Labute approximate surface area is 133 Å². The van der Waals surface area contributed by atoms with Gasteiger partial charge in [0.25, 0.3) is 0 Å². The Hall–Kier alpha value is -2.00. The topological polar surface area (TPSA) is 30.2 Å². The summed E-state index contributed by atoms with van der Waals surface area (Å²) in [7, 11) is 0. The molecule has 22 heavy (non-hydrogen) atoms. The Balaban J connectivity index is 1.74. The van der Waals surface area contributed by atoms with Crippen LogP contribution in [-0.4, -0.2) is 0 Å². The molecule has 0 aliphatic heterocycles. The molecule has 1 heterocycles. The summed E-state index contributed by atoms with van der Waals surface area (Å²) in [6.07, 6.45) is 3.43. The quantitative estimate of drug-likeness (QED) is 0.524. The summed E-state index contributed by atoms with van der Waals surface area (Å²) in [5, 5.41) is 1.09. The van der Waals surface area contributed by atoms with Gasteiger partial charge in [-0.25, -0.2) is 4.79 Å². The number of benzene rings is 2. The van der Waals surface area contributed by atoms with Crippen LogP contribution in [0.15, 0.2) is 62.6 Å². The highest BCUT2D eigenvalue weighted by Gasteiger charge is 2.15. The van der Waals surface area contributed by atoms with Gasteiger partial charge in [0.15, 0.2) is 0 Å². The second kappa shape index (κ2) is 5.65. The van der Waals surface area contributed by atoms with Crippen LogP contribution >= 0.6 is 11.8 Å². The van der Waals surface area contributed by atoms with E-state index in [1.165, 1.54) is 22.4 Å². The minimum absolute atomic E-state index is 0.255. The van der Waals surface area contributed by atoms with Gasteiger partial charge in [-0.05, 0) is 60.2 Å². The van der Waals surface area contributed by atoms with E-state index in [0.717, 1.165) is 35.1 Å². The van der Waals surface area contributed by atoms with E-state index in [0.29, 0.717) is 0 Å². The predicted molar refractivity (Wildman–Crippen MR) is 90.5 cm³/mol. The summed E-state index contributed by atoms with van der Waals surface area (Å²) in [6, 6.07) is 16.2. The fraction of sp³-hybridized carbons (Fsp3) is 0.211. The van der Waals surface area contributed by atoms with Crippen molar-refractivity contribution >= 4 is 22.7 Å². The van der Waals surface area contributed by atoms with E-state index in [1.807, 2.05) is 18.2 Å². The molecule has 0 atom stereocenters. The van der Waals surface area contributed by atoms with Gasteiger partial charge in [-0.1, -0.05) is 18.2 Å². The van der Waals surface area contributed by atoms with Crippen LogP contribution in [0.1, 0.15) is 23.1 Å². The number of aryl methyl sites for hydroxylation is 2. The van der Waals surface area contributed by atoms with Crippen molar-refractivity contribution in [1.29, 1.82) is 0 Å². The van der Waals surface area contributed by atoms with Gasteiger partial charge in [0, 0.05) is 22.1 Å². The Morgan fingerprint density at radius 2 is 1.77 bits per heavy atom. The molecule has 110 valence electrons. The number of hydrogen-bond acceptors (Lipinski definition) is 3. The zero-order valence-electron chi connectivity index (χ0n) is 12.2. The Kier molecular flexibility index (Phi) is 3.51. The van der Waals surface area contributed by atoms with Crippen molar-refractivity contribution in [1.82, 2.24) is 0 Å². The molecule has 0 bridgehead atoms. The molecule has 0 saturated heterocycles. The zero-order chi connectivity index (χ0) is 14.9. The fourth-order valence-electron chi connectivity index (χ4n) is 3.09. The van der Waals surface area contributed by atoms with Crippen LogP contribution < -0.4 is 5.63 Å². The van der Waals surface area contributed by atoms with E-state index >= 15 is 0 Å². The number of rotatable bonds is 3. The van der Waals surface area contributed by atoms with Crippen molar-refractivity contribution in [2.75, 3.05) is 0 Å². The maximum absolute atomic E-state index is 11.8. The molecule has 3 heteroatoms. The minimum atomic E-state index is -0.255. The molecular formula is C19H16O2S. The van der Waals surface area contributed by atoms with Gasteiger partial charge >= 0.3 is 5.63 Å². The molecule has 4 rings (SSSR count). The van der Waals surface area contributed by atoms with Crippen LogP contribution in [-0.2, 0) is 18.6 Å². The van der Waals surface area contributed by atoms with Gasteiger partial charge in [0.1, 0.15) is 5.58 Å². The first-order valence-electron chi connectivity index (χ1n) is 7.56. The molecule has 0 amide bonds. The first-order valence-corrected chi connectivity index (χ1v) is 8.54. The molecule has 0 unspecified atom stereocenters. The molecule has 3 aromatic rings. The molecule has 0 saturated carbocycles. The zero-order valence-corrected chi connectivity index (χ0v) is 13.0. The largest absolute Gasteiger partial charge is 0.423 e. The number of hydrogen-bond donors (Lipinski definition) is 0. The molecule has 0 spiro atoms. The summed E-state index contributed by atoms with van der Waals surface area (Å²) in [5.74, 6) is 0.783. The first kappa shape index (κ1) is 13.6. The molecule has 0 N–H and O–H groups in total. The molecule has 1 aliphatic carbocycles. The van der Waals surface area contributed by atoms with Crippen LogP contribution in [0.2, 0.25) is 0 Å². The van der Waals surface area contributed by atoms with Crippen molar-refractivity contribution in [3.05, 3.63) is 75.6 Å². The SMILES string of the molecule is O=c1cc(CSc2ccccc2)c2cc3c(cc2o1)CCC3. The van der Waals surface area contributed by atoms with Crippen molar-refractivity contribution < 1.29 is 4.42 Å². The van der Waals surface area contributed by atoms with Crippen LogP contribution in [0, 0.1) is 0 Å². The third-order valence-corrected chi connectivity index (χ3v) is 5.24. The number of thioether (sulfide) groups is 1. The number of fused-ring (bicyclic) bond motifs is 2. The highest BCUT2D eigenvalue weighted by Crippen LogP contribution is 2.31. The molecule has 2 nitrogen and oxygen atoms in total. The standard InChI is InChI=1S/C19H16O2S/c20-19-11-15(12-22-16-7-2-1-3-8-16)17-9-13-5-4-6-14(13)10-18(17)21-19/h1-3,7-11H,4-6,12H2. The van der Waals surface area contributed by atoms with Crippen molar-refractivity contribution in [2.45, 2.75) is 29.9 Å². The lowest BCUT2D eigenvalue weighted by atomic mass is 10.0. The van der Waals surface area contributed by atoms with Gasteiger partial charge in [-0.2, -0.15) is 0 Å². The smallest absolute Gasteiger partial charge is 0.336 e. The molecule has 1 aliphatic rings. The summed E-state index contributed by atoms with van der Waals surface area (Å²) < 4.78 is 5.41. The third-order valence-electron chi connectivity index (χ3n) is 4.18. The highest BCUT2D eigenvalue weighted by molar-refractivity contribution is 7.98. The lowest BCUT2D eigenvalue weighted by Gasteiger charge is -2.08. The lowest BCUT2D eigenvalue weighted by molar-refractivity contribution is 0.559. The average molecular weight is 308 g/mol. The summed E-state index contributed by atoms with van der Waals surface area (Å²) >= 11 is 1.75. The minimum Gasteiger partial charge on any atom is -0.423 e. The van der Waals surface area contributed by atoms with Crippen LogP contribution in [0.3, 0.4) is 0 Å². The van der Waals surface area contributed by atoms with E-state index in [-0.39, 0.29) is 5.63 Å². The second-order valence-electron chi connectivity index (χ2n) is 5.66. The van der Waals surface area contributed by atoms with E-state index in [1.54, 1.807) is 17.8 Å². The van der Waals surface area contributed by atoms with Crippen LogP contribution in [0.25, 0.3) is 11.0 Å². The maximum Gasteiger partial charge on any atom is 0.336 e. The second-order valence-corrected chi connectivity index (χ2v) is 6.71. The normalized spacial score (nSPS) is 13.5. The monoisotopic (exact) mass is 308 g/mol. The van der Waals surface area contributed by atoms with Crippen LogP contribution in [0.4, 0.5) is 0 Å². The molecule has 0 fully saturated rings. The summed E-state index contributed by atoms with van der Waals surface area (Å²) in [4.78, 5) is 13.1. The van der Waals surface area contributed by atoms with E-state index in [4.69, 9.17) is 4.42 Å². The molecule has 1 aromatic heterocycles. The summed E-state index contributed by atoms with van der Waals surface area (Å²) in [5.41, 5.74) is 4.29. The van der Waals surface area contributed by atoms with Gasteiger partial charge in [-0.15, -0.1) is 11.8 Å². The van der Waals surface area contributed by atoms with Gasteiger partial charge < -0.3 is 4.42 Å². The highest BCUT2D eigenvalue weighted by atomic mass is 32.2. The maximum atomic E-state index is 11.8. The van der Waals surface area contributed by atoms with Crippen molar-refractivity contribution in [3.8, 4) is 0 Å². The van der Waals surface area contributed by atoms with E-state index in [9.17, 15) is 4.79 Å². The van der Waals surface area contributed by atoms with Crippen LogP contribution in [0.5, 0.6) is 0 Å². The lowest BCUT2D eigenvalue weighted by Crippen LogP contribution is -2.00. The van der Waals surface area contributed by atoms with Crippen molar-refractivity contribution in [2.24, 2.45) is 0 Å². The summed E-state index contributed by atoms with van der Waals surface area (Å²) in [6.45, 7) is 0. The molecule has 2 aromatic carbocycles. The average Bonchev–Trinajstić information content (AvgIpc) is 2.99. The van der Waals surface area contributed by atoms with E-state index < -0.39 is 0 Å². The van der Waals surface area contributed by atoms with E-state index in [2.05, 4.69) is 24.3 Å². The Bertz CT molecular complexity index is 881. The van der Waals surface area contributed by atoms with Crippen molar-refractivity contribution in [3.63, 3.8) is 0 Å². The third kappa shape index (κ3) is 2.57. The Morgan fingerprint density at radius 1 is 1.00 bits per heavy atom. The Morgan fingerprint density at radius 3 is 2.59 bits per heavy atom. The molecular weight excluding hydrogens is 292 g/mol. The van der Waals surface area contributed by atoms with Gasteiger partial charge in [0.2, 0.25) is 0 Å². The van der Waals surface area contributed by atoms with Gasteiger partial charge in [0.05, 0.1) is 0 Å². The molecule has 0 radical (unpaired) electrons. The predicted octanol–water partition coefficient (Wildman–Crippen LogP) is 4.57. The first-order chi connectivity index (χ1) is 10.8. The van der Waals surface area contributed by atoms with Gasteiger partial charge in [-0.3, -0.25) is 0 Å². The fourth-order valence-corrected chi connectivity index (χ4v) is 4.00.